The van der Waals surface area contributed by atoms with Crippen LogP contribution in [0.15, 0.2) is 49.1 Å². The van der Waals surface area contributed by atoms with Gasteiger partial charge >= 0.3 is 0 Å². The maximum absolute atomic E-state index is 9.46. The highest BCUT2D eigenvalue weighted by molar-refractivity contribution is 5.11. The van der Waals surface area contributed by atoms with E-state index in [0.717, 1.165) is 25.7 Å². The van der Waals surface area contributed by atoms with E-state index in [1.807, 2.05) is 49.1 Å². The van der Waals surface area contributed by atoms with E-state index in [4.69, 9.17) is 0 Å². The van der Waals surface area contributed by atoms with Gasteiger partial charge in [-0.2, -0.15) is 0 Å². The molecule has 0 spiro atoms. The topological polar surface area (TPSA) is 46.0 Å². The quantitative estimate of drug-likeness (QED) is 0.828. The van der Waals surface area contributed by atoms with Crippen molar-refractivity contribution in [3.63, 3.8) is 0 Å². The van der Waals surface area contributed by atoms with Gasteiger partial charge in [0, 0.05) is 31.4 Å². The van der Waals surface area contributed by atoms with Crippen LogP contribution in [-0.2, 0) is 12.8 Å². The van der Waals surface area contributed by atoms with Crippen LogP contribution in [0, 0.1) is 5.92 Å². The highest BCUT2D eigenvalue weighted by atomic mass is 16.3. The van der Waals surface area contributed by atoms with Crippen molar-refractivity contribution in [1.29, 1.82) is 0 Å². The molecule has 0 saturated carbocycles. The summed E-state index contributed by atoms with van der Waals surface area (Å²) in [6.45, 7) is 0.260. The summed E-state index contributed by atoms with van der Waals surface area (Å²) >= 11 is 0. The molecule has 0 atom stereocenters. The maximum Gasteiger partial charge on any atom is 0.0459 e. The summed E-state index contributed by atoms with van der Waals surface area (Å²) in [6, 6.07) is 8.16. The van der Waals surface area contributed by atoms with Crippen LogP contribution in [0.4, 0.5) is 0 Å². The number of aryl methyl sites for hydroxylation is 2. The molecule has 0 saturated heterocycles. The Hall–Kier alpha value is -1.74. The summed E-state index contributed by atoms with van der Waals surface area (Å²) in [5, 5.41) is 9.46. The molecule has 2 aromatic heterocycles. The first-order valence-corrected chi connectivity index (χ1v) is 6.77. The van der Waals surface area contributed by atoms with Gasteiger partial charge in [-0.15, -0.1) is 0 Å². The molecule has 2 heterocycles. The summed E-state index contributed by atoms with van der Waals surface area (Å²) in [5.41, 5.74) is 2.58. The minimum absolute atomic E-state index is 0.260. The molecular weight excluding hydrogens is 236 g/mol. The van der Waals surface area contributed by atoms with E-state index in [1.54, 1.807) is 0 Å². The van der Waals surface area contributed by atoms with Gasteiger partial charge in [0.05, 0.1) is 0 Å². The average molecular weight is 256 g/mol. The number of hydrogen-bond acceptors (Lipinski definition) is 3. The van der Waals surface area contributed by atoms with E-state index in [9.17, 15) is 5.11 Å². The molecule has 0 aromatic carbocycles. The van der Waals surface area contributed by atoms with E-state index < -0.39 is 0 Å². The molecule has 0 unspecified atom stereocenters. The van der Waals surface area contributed by atoms with Gasteiger partial charge in [-0.25, -0.2) is 0 Å². The summed E-state index contributed by atoms with van der Waals surface area (Å²) < 4.78 is 0. The molecule has 100 valence electrons. The zero-order chi connectivity index (χ0) is 13.3. The molecular formula is C16H20N2O. The zero-order valence-corrected chi connectivity index (χ0v) is 11.1. The van der Waals surface area contributed by atoms with Gasteiger partial charge in [0.25, 0.3) is 0 Å². The number of aromatic nitrogens is 2. The molecule has 0 aliphatic rings. The van der Waals surface area contributed by atoms with Gasteiger partial charge in [0.15, 0.2) is 0 Å². The van der Waals surface area contributed by atoms with E-state index in [0.29, 0.717) is 5.92 Å². The minimum Gasteiger partial charge on any atom is -0.396 e. The number of aliphatic hydroxyl groups is 1. The first-order chi connectivity index (χ1) is 9.38. The number of pyridine rings is 2. The largest absolute Gasteiger partial charge is 0.396 e. The molecule has 0 radical (unpaired) electrons. The fourth-order valence-electron chi connectivity index (χ4n) is 2.17. The maximum atomic E-state index is 9.46. The molecule has 0 amide bonds. The first kappa shape index (κ1) is 13.7. The van der Waals surface area contributed by atoms with Gasteiger partial charge in [-0.05, 0) is 67.0 Å². The van der Waals surface area contributed by atoms with Gasteiger partial charge in [0.1, 0.15) is 0 Å². The van der Waals surface area contributed by atoms with Crippen molar-refractivity contribution >= 4 is 0 Å². The zero-order valence-electron chi connectivity index (χ0n) is 11.1. The predicted molar refractivity (Wildman–Crippen MR) is 75.7 cm³/mol. The van der Waals surface area contributed by atoms with Gasteiger partial charge in [0.2, 0.25) is 0 Å². The third-order valence-corrected chi connectivity index (χ3v) is 3.44. The Bertz CT molecular complexity index is 415. The predicted octanol–water partition coefficient (Wildman–Crippen LogP) is 2.65. The van der Waals surface area contributed by atoms with E-state index >= 15 is 0 Å². The second-order valence-corrected chi connectivity index (χ2v) is 4.84. The SMILES string of the molecule is OCC(CCc1ccncc1)CCc1ccncc1. The summed E-state index contributed by atoms with van der Waals surface area (Å²) in [6.07, 6.45) is 11.3. The van der Waals surface area contributed by atoms with Crippen molar-refractivity contribution in [2.45, 2.75) is 25.7 Å². The first-order valence-electron chi connectivity index (χ1n) is 6.77. The molecule has 19 heavy (non-hydrogen) atoms. The normalized spacial score (nSPS) is 10.8. The number of rotatable bonds is 7. The molecule has 0 fully saturated rings. The van der Waals surface area contributed by atoms with E-state index in [2.05, 4.69) is 9.97 Å². The van der Waals surface area contributed by atoms with Crippen molar-refractivity contribution in [3.8, 4) is 0 Å². The molecule has 0 aliphatic carbocycles. The third kappa shape index (κ3) is 4.79. The van der Waals surface area contributed by atoms with Crippen LogP contribution in [-0.4, -0.2) is 21.7 Å². The summed E-state index contributed by atoms with van der Waals surface area (Å²) in [4.78, 5) is 8.03. The van der Waals surface area contributed by atoms with Gasteiger partial charge in [-0.3, -0.25) is 9.97 Å². The molecule has 1 N–H and O–H groups in total. The van der Waals surface area contributed by atoms with Gasteiger partial charge < -0.3 is 5.11 Å². The average Bonchev–Trinajstić information content (AvgIpc) is 2.49. The third-order valence-electron chi connectivity index (χ3n) is 3.44. The number of aliphatic hydroxyl groups excluding tert-OH is 1. The van der Waals surface area contributed by atoms with Crippen LogP contribution in [0.25, 0.3) is 0 Å². The lowest BCUT2D eigenvalue weighted by molar-refractivity contribution is 0.211. The van der Waals surface area contributed by atoms with Crippen molar-refractivity contribution in [2.24, 2.45) is 5.92 Å². The lowest BCUT2D eigenvalue weighted by Crippen LogP contribution is -2.09. The van der Waals surface area contributed by atoms with E-state index in [1.165, 1.54) is 11.1 Å². The van der Waals surface area contributed by atoms with Crippen molar-refractivity contribution in [1.82, 2.24) is 9.97 Å². The van der Waals surface area contributed by atoms with Crippen LogP contribution in [0.1, 0.15) is 24.0 Å². The number of nitrogens with zero attached hydrogens (tertiary/aromatic N) is 2. The van der Waals surface area contributed by atoms with Crippen LogP contribution in [0.2, 0.25) is 0 Å². The van der Waals surface area contributed by atoms with Crippen LogP contribution < -0.4 is 0 Å². The number of hydrogen-bond donors (Lipinski definition) is 1. The highest BCUT2D eigenvalue weighted by Gasteiger charge is 2.08. The highest BCUT2D eigenvalue weighted by Crippen LogP contribution is 2.15. The lowest BCUT2D eigenvalue weighted by atomic mass is 9.94. The van der Waals surface area contributed by atoms with Gasteiger partial charge in [-0.1, -0.05) is 0 Å². The Morgan fingerprint density at radius 3 is 1.58 bits per heavy atom. The molecule has 0 aliphatic heterocycles. The Morgan fingerprint density at radius 2 is 1.21 bits per heavy atom. The van der Waals surface area contributed by atoms with Crippen molar-refractivity contribution in [3.05, 3.63) is 60.2 Å². The Morgan fingerprint density at radius 1 is 0.789 bits per heavy atom. The Kier molecular flexibility index (Phi) is 5.50. The second-order valence-electron chi connectivity index (χ2n) is 4.84. The smallest absolute Gasteiger partial charge is 0.0459 e. The monoisotopic (exact) mass is 256 g/mol. The minimum atomic E-state index is 0.260. The Balaban J connectivity index is 1.77. The standard InChI is InChI=1S/C16H20N2O/c19-13-16(3-1-14-5-9-17-10-6-14)4-2-15-7-11-18-12-8-15/h5-12,16,19H,1-4,13H2. The summed E-state index contributed by atoms with van der Waals surface area (Å²) in [7, 11) is 0. The lowest BCUT2D eigenvalue weighted by Gasteiger charge is -2.13. The molecule has 3 heteroatoms. The summed E-state index contributed by atoms with van der Waals surface area (Å²) in [5.74, 6) is 0.362. The van der Waals surface area contributed by atoms with Crippen molar-refractivity contribution in [2.75, 3.05) is 6.61 Å². The van der Waals surface area contributed by atoms with Crippen LogP contribution in [0.5, 0.6) is 0 Å². The van der Waals surface area contributed by atoms with Crippen molar-refractivity contribution < 1.29 is 5.11 Å². The van der Waals surface area contributed by atoms with Crippen LogP contribution >= 0.6 is 0 Å². The molecule has 3 nitrogen and oxygen atoms in total. The fraction of sp³-hybridized carbons (Fsp3) is 0.375. The second kappa shape index (κ2) is 7.64. The Labute approximate surface area is 114 Å². The molecule has 0 bridgehead atoms. The molecule has 2 rings (SSSR count). The molecule has 2 aromatic rings. The fourth-order valence-corrected chi connectivity index (χ4v) is 2.17. The van der Waals surface area contributed by atoms with E-state index in [-0.39, 0.29) is 6.61 Å². The van der Waals surface area contributed by atoms with Crippen LogP contribution in [0.3, 0.4) is 0 Å².